The number of anilines is 2. The summed E-state index contributed by atoms with van der Waals surface area (Å²) in [5.41, 5.74) is 2.09. The van der Waals surface area contributed by atoms with Crippen molar-refractivity contribution in [1.29, 1.82) is 0 Å². The lowest BCUT2D eigenvalue weighted by molar-refractivity contribution is -0.113. The zero-order chi connectivity index (χ0) is 22.5. The average molecular weight is 463 g/mol. The van der Waals surface area contributed by atoms with Crippen LogP contribution >= 0.6 is 11.8 Å². The van der Waals surface area contributed by atoms with Crippen LogP contribution in [0.1, 0.15) is 18.4 Å². The number of rotatable bonds is 7. The highest BCUT2D eigenvalue weighted by Gasteiger charge is 2.23. The first kappa shape index (κ1) is 21.6. The van der Waals surface area contributed by atoms with E-state index in [1.807, 2.05) is 6.07 Å². The summed E-state index contributed by atoms with van der Waals surface area (Å²) in [6.07, 6.45) is 6.78. The Hall–Kier alpha value is -3.26. The fourth-order valence-electron chi connectivity index (χ4n) is 4.24. The van der Waals surface area contributed by atoms with Crippen LogP contribution < -0.4 is 19.7 Å². The van der Waals surface area contributed by atoms with Gasteiger partial charge in [0.05, 0.1) is 5.75 Å². The number of nitrogens with one attached hydrogen (secondary N) is 1. The van der Waals surface area contributed by atoms with Gasteiger partial charge in [0.1, 0.15) is 5.03 Å². The molecule has 1 saturated heterocycles. The third-order valence-electron chi connectivity index (χ3n) is 5.92. The number of nitrogens with zero attached hydrogens (tertiary/aromatic N) is 3. The van der Waals surface area contributed by atoms with Gasteiger partial charge in [-0.15, -0.1) is 0 Å². The number of hydrogen-bond donors (Lipinski definition) is 1. The molecule has 7 nitrogen and oxygen atoms in total. The fraction of sp³-hybridized carbons (Fsp3) is 0.320. The summed E-state index contributed by atoms with van der Waals surface area (Å²) in [4.78, 5) is 23.9. The molecule has 2 aromatic carbocycles. The van der Waals surface area contributed by atoms with Crippen molar-refractivity contribution in [2.24, 2.45) is 5.92 Å². The molecule has 170 valence electrons. The van der Waals surface area contributed by atoms with E-state index in [1.165, 1.54) is 17.3 Å². The molecule has 1 fully saturated rings. The molecule has 0 bridgehead atoms. The number of carbonyl (C=O) groups is 1. The molecule has 1 aromatic heterocycles. The van der Waals surface area contributed by atoms with Gasteiger partial charge in [-0.2, -0.15) is 0 Å². The number of aromatic nitrogens is 2. The summed E-state index contributed by atoms with van der Waals surface area (Å²) in [6, 6.07) is 16.1. The van der Waals surface area contributed by atoms with Gasteiger partial charge < -0.3 is 19.7 Å². The van der Waals surface area contributed by atoms with Gasteiger partial charge in [0.15, 0.2) is 17.3 Å². The summed E-state index contributed by atoms with van der Waals surface area (Å²) in [5, 5.41) is 3.70. The monoisotopic (exact) mass is 462 g/mol. The molecule has 0 atom stereocenters. The summed E-state index contributed by atoms with van der Waals surface area (Å²) in [6.45, 7) is 2.11. The molecule has 1 N–H and O–H groups in total. The predicted molar refractivity (Wildman–Crippen MR) is 129 cm³/mol. The van der Waals surface area contributed by atoms with Crippen LogP contribution in [0.15, 0.2) is 66.0 Å². The van der Waals surface area contributed by atoms with Crippen molar-refractivity contribution in [2.75, 3.05) is 35.9 Å². The molecule has 0 aliphatic carbocycles. The average Bonchev–Trinajstić information content (AvgIpc) is 3.32. The van der Waals surface area contributed by atoms with Crippen molar-refractivity contribution in [2.45, 2.75) is 24.3 Å². The van der Waals surface area contributed by atoms with E-state index in [0.717, 1.165) is 43.2 Å². The van der Waals surface area contributed by atoms with Gasteiger partial charge in [-0.3, -0.25) is 4.79 Å². The molecule has 0 radical (unpaired) electrons. The molecule has 3 aromatic rings. The van der Waals surface area contributed by atoms with Crippen molar-refractivity contribution >= 4 is 29.2 Å². The van der Waals surface area contributed by atoms with Crippen LogP contribution in [0.2, 0.25) is 0 Å². The predicted octanol–water partition coefficient (Wildman–Crippen LogP) is 4.40. The molecular weight excluding hydrogens is 436 g/mol. The SMILES string of the molecule is O=C(CSc1nccnc1N1CCC(Cc2ccccc2)CC1)Nc1ccc2c(c1)OCO2. The van der Waals surface area contributed by atoms with E-state index < -0.39 is 0 Å². The molecule has 0 spiro atoms. The second-order valence-corrected chi connectivity index (χ2v) is 9.17. The van der Waals surface area contributed by atoms with Gasteiger partial charge in [0.2, 0.25) is 12.7 Å². The molecule has 0 saturated carbocycles. The Labute approximate surface area is 197 Å². The second kappa shape index (κ2) is 10.1. The minimum atomic E-state index is -0.1000. The van der Waals surface area contributed by atoms with Crippen LogP contribution in [0.25, 0.3) is 0 Å². The van der Waals surface area contributed by atoms with Crippen molar-refractivity contribution < 1.29 is 14.3 Å². The molecule has 5 rings (SSSR count). The molecule has 33 heavy (non-hydrogen) atoms. The number of carbonyl (C=O) groups excluding carboxylic acids is 1. The van der Waals surface area contributed by atoms with E-state index in [2.05, 4.69) is 50.5 Å². The van der Waals surface area contributed by atoms with Crippen LogP contribution in [0.5, 0.6) is 11.5 Å². The number of hydrogen-bond acceptors (Lipinski definition) is 7. The highest BCUT2D eigenvalue weighted by Crippen LogP contribution is 2.34. The number of fused-ring (bicyclic) bond motifs is 1. The van der Waals surface area contributed by atoms with Gasteiger partial charge in [-0.05, 0) is 42.9 Å². The summed E-state index contributed by atoms with van der Waals surface area (Å²) in [5.74, 6) is 3.05. The minimum Gasteiger partial charge on any atom is -0.454 e. The van der Waals surface area contributed by atoms with Crippen molar-refractivity contribution in [3.63, 3.8) is 0 Å². The quantitative estimate of drug-likeness (QED) is 0.522. The van der Waals surface area contributed by atoms with E-state index in [-0.39, 0.29) is 18.5 Å². The van der Waals surface area contributed by atoms with E-state index in [1.54, 1.807) is 24.5 Å². The van der Waals surface area contributed by atoms with E-state index in [4.69, 9.17) is 9.47 Å². The normalized spacial score (nSPS) is 15.5. The van der Waals surface area contributed by atoms with E-state index in [0.29, 0.717) is 23.1 Å². The van der Waals surface area contributed by atoms with Crippen LogP contribution in [0, 0.1) is 5.92 Å². The van der Waals surface area contributed by atoms with Crippen molar-refractivity contribution in [3.8, 4) is 11.5 Å². The van der Waals surface area contributed by atoms with Crippen molar-refractivity contribution in [3.05, 3.63) is 66.5 Å². The fourth-order valence-corrected chi connectivity index (χ4v) is 5.02. The zero-order valence-corrected chi connectivity index (χ0v) is 19.1. The molecular formula is C25H26N4O3S. The third kappa shape index (κ3) is 5.39. The molecule has 8 heteroatoms. The van der Waals surface area contributed by atoms with Gasteiger partial charge in [0.25, 0.3) is 0 Å². The van der Waals surface area contributed by atoms with Crippen molar-refractivity contribution in [1.82, 2.24) is 9.97 Å². The molecule has 2 aliphatic heterocycles. The Bertz CT molecular complexity index is 1100. The van der Waals surface area contributed by atoms with Gasteiger partial charge >= 0.3 is 0 Å². The standard InChI is InChI=1S/C25H26N4O3S/c30-23(28-20-6-7-21-22(15-20)32-17-31-21)16-33-25-24(26-10-11-27-25)29-12-8-19(9-13-29)14-18-4-2-1-3-5-18/h1-7,10-11,15,19H,8-9,12-14,16-17H2,(H,28,30). The highest BCUT2D eigenvalue weighted by atomic mass is 32.2. The smallest absolute Gasteiger partial charge is 0.234 e. The van der Waals surface area contributed by atoms with Crippen LogP contribution in [-0.4, -0.2) is 41.5 Å². The van der Waals surface area contributed by atoms with Crippen LogP contribution in [0.4, 0.5) is 11.5 Å². The Morgan fingerprint density at radius 1 is 1.03 bits per heavy atom. The first-order chi connectivity index (χ1) is 16.2. The highest BCUT2D eigenvalue weighted by molar-refractivity contribution is 8.00. The summed E-state index contributed by atoms with van der Waals surface area (Å²) >= 11 is 1.41. The Morgan fingerprint density at radius 3 is 2.67 bits per heavy atom. The molecule has 0 unspecified atom stereocenters. The maximum absolute atomic E-state index is 12.5. The Kier molecular flexibility index (Phi) is 6.62. The Morgan fingerprint density at radius 2 is 1.82 bits per heavy atom. The lowest BCUT2D eigenvalue weighted by Gasteiger charge is -2.33. The van der Waals surface area contributed by atoms with Crippen LogP contribution in [0.3, 0.4) is 0 Å². The van der Waals surface area contributed by atoms with Gasteiger partial charge in [-0.25, -0.2) is 9.97 Å². The lowest BCUT2D eigenvalue weighted by atomic mass is 9.90. The Balaban J connectivity index is 1.15. The number of benzene rings is 2. The largest absolute Gasteiger partial charge is 0.454 e. The molecule has 2 aliphatic rings. The maximum atomic E-state index is 12.5. The number of piperidine rings is 1. The lowest BCUT2D eigenvalue weighted by Crippen LogP contribution is -2.35. The zero-order valence-electron chi connectivity index (χ0n) is 18.3. The van der Waals surface area contributed by atoms with Crippen LogP contribution in [-0.2, 0) is 11.2 Å². The number of ether oxygens (including phenoxy) is 2. The minimum absolute atomic E-state index is 0.1000. The maximum Gasteiger partial charge on any atom is 0.234 e. The van der Waals surface area contributed by atoms with E-state index >= 15 is 0 Å². The van der Waals surface area contributed by atoms with E-state index in [9.17, 15) is 4.79 Å². The van der Waals surface area contributed by atoms with Gasteiger partial charge in [-0.1, -0.05) is 42.1 Å². The third-order valence-corrected chi connectivity index (χ3v) is 6.89. The first-order valence-corrected chi connectivity index (χ1v) is 12.2. The topological polar surface area (TPSA) is 76.6 Å². The molecule has 3 heterocycles. The van der Waals surface area contributed by atoms with Gasteiger partial charge in [0, 0.05) is 37.2 Å². The summed E-state index contributed by atoms with van der Waals surface area (Å²) < 4.78 is 10.7. The second-order valence-electron chi connectivity index (χ2n) is 8.21. The molecule has 1 amide bonds. The first-order valence-electron chi connectivity index (χ1n) is 11.2. The number of amides is 1. The summed E-state index contributed by atoms with van der Waals surface area (Å²) in [7, 11) is 0. The number of thioether (sulfide) groups is 1.